The lowest BCUT2D eigenvalue weighted by molar-refractivity contribution is -0.179. The summed E-state index contributed by atoms with van der Waals surface area (Å²) < 4.78 is 17.9. The van der Waals surface area contributed by atoms with E-state index in [1.807, 2.05) is 13.0 Å². The summed E-state index contributed by atoms with van der Waals surface area (Å²) in [5.74, 6) is -2.89. The van der Waals surface area contributed by atoms with Crippen molar-refractivity contribution in [3.05, 3.63) is 59.7 Å². The Labute approximate surface area is 224 Å². The standard InChI is InChI=1S/C31H38O7/c1-17-13-14-23-24(30(23,6)7)15-18(2)28(34)31(38-21(5)33)16-19(3)27(25(31)26(17)36-20(4)32)37-29(35)22-11-9-8-10-12-22/h8-12,15,19,23-27H,1,13-14,16H2,2-7H3/b18-15+/t19-,23-,24+,25?,26?,27-,31+/m0/s1. The summed E-state index contributed by atoms with van der Waals surface area (Å²) in [6, 6.07) is 8.56. The first-order valence-corrected chi connectivity index (χ1v) is 13.3. The molecule has 7 atom stereocenters. The molecule has 2 unspecified atom stereocenters. The molecule has 0 heterocycles. The summed E-state index contributed by atoms with van der Waals surface area (Å²) in [5, 5.41) is 0. The number of carbonyl (C=O) groups excluding carboxylic acids is 4. The summed E-state index contributed by atoms with van der Waals surface area (Å²) in [7, 11) is 0. The van der Waals surface area contributed by atoms with Gasteiger partial charge in [0.15, 0.2) is 5.60 Å². The molecule has 7 heteroatoms. The quantitative estimate of drug-likeness (QED) is 0.303. The molecular formula is C31H38O7. The average Bonchev–Trinajstić information content (AvgIpc) is 3.24. The zero-order valence-electron chi connectivity index (χ0n) is 23.1. The largest absolute Gasteiger partial charge is 0.458 e. The molecule has 204 valence electrons. The van der Waals surface area contributed by atoms with Crippen LogP contribution in [0.3, 0.4) is 0 Å². The van der Waals surface area contributed by atoms with Crippen molar-refractivity contribution in [1.29, 1.82) is 0 Å². The number of carbonyl (C=O) groups is 4. The predicted octanol–water partition coefficient (Wildman–Crippen LogP) is 5.24. The van der Waals surface area contributed by atoms with Crippen molar-refractivity contribution in [2.24, 2.45) is 29.1 Å². The molecule has 2 saturated carbocycles. The lowest BCUT2D eigenvalue weighted by Gasteiger charge is -2.39. The molecule has 0 bridgehead atoms. The van der Waals surface area contributed by atoms with Crippen LogP contribution in [0.2, 0.25) is 0 Å². The number of allylic oxidation sites excluding steroid dienone is 1. The van der Waals surface area contributed by atoms with Crippen LogP contribution < -0.4 is 0 Å². The van der Waals surface area contributed by atoms with Crippen LogP contribution in [0.4, 0.5) is 0 Å². The van der Waals surface area contributed by atoms with E-state index in [1.165, 1.54) is 13.8 Å². The first-order valence-electron chi connectivity index (χ1n) is 13.3. The lowest BCUT2D eigenvalue weighted by atomic mass is 9.76. The maximum absolute atomic E-state index is 14.3. The number of benzene rings is 1. The van der Waals surface area contributed by atoms with Gasteiger partial charge in [0.05, 0.1) is 11.5 Å². The number of ketones is 1. The van der Waals surface area contributed by atoms with Gasteiger partial charge in [-0.3, -0.25) is 14.4 Å². The Balaban J connectivity index is 1.87. The van der Waals surface area contributed by atoms with Crippen molar-refractivity contribution < 1.29 is 33.4 Å². The molecule has 0 saturated heterocycles. The second-order valence-electron chi connectivity index (χ2n) is 11.8. The number of esters is 3. The van der Waals surface area contributed by atoms with Crippen LogP contribution in [0.5, 0.6) is 0 Å². The van der Waals surface area contributed by atoms with Crippen molar-refractivity contribution in [3.63, 3.8) is 0 Å². The van der Waals surface area contributed by atoms with Gasteiger partial charge in [0.1, 0.15) is 12.2 Å². The maximum atomic E-state index is 14.3. The van der Waals surface area contributed by atoms with Crippen LogP contribution in [0.25, 0.3) is 0 Å². The van der Waals surface area contributed by atoms with Crippen LogP contribution in [-0.4, -0.2) is 41.5 Å². The molecule has 0 aliphatic heterocycles. The van der Waals surface area contributed by atoms with Crippen molar-refractivity contribution in [1.82, 2.24) is 0 Å². The van der Waals surface area contributed by atoms with Gasteiger partial charge in [-0.15, -0.1) is 0 Å². The van der Waals surface area contributed by atoms with Crippen LogP contribution in [0.1, 0.15) is 71.2 Å². The zero-order valence-corrected chi connectivity index (χ0v) is 23.1. The normalized spacial score (nSPS) is 35.5. The average molecular weight is 523 g/mol. The third-order valence-corrected chi connectivity index (χ3v) is 8.77. The summed E-state index contributed by atoms with van der Waals surface area (Å²) in [4.78, 5) is 52.4. The number of rotatable bonds is 4. The van der Waals surface area contributed by atoms with E-state index in [0.717, 1.165) is 6.42 Å². The van der Waals surface area contributed by atoms with Gasteiger partial charge in [0, 0.05) is 20.3 Å². The molecule has 4 rings (SSSR count). The molecular weight excluding hydrogens is 484 g/mol. The van der Waals surface area contributed by atoms with E-state index >= 15 is 0 Å². The number of hydrogen-bond acceptors (Lipinski definition) is 7. The smallest absolute Gasteiger partial charge is 0.338 e. The van der Waals surface area contributed by atoms with E-state index in [4.69, 9.17) is 14.2 Å². The third-order valence-electron chi connectivity index (χ3n) is 8.77. The lowest BCUT2D eigenvalue weighted by Crippen LogP contribution is -2.55. The number of Topliss-reactive ketones (excluding diaryl/α,β-unsaturated/α-hetero) is 1. The van der Waals surface area contributed by atoms with Gasteiger partial charge in [-0.05, 0) is 66.2 Å². The molecule has 3 aliphatic rings. The molecule has 38 heavy (non-hydrogen) atoms. The number of hydrogen-bond donors (Lipinski definition) is 0. The Morgan fingerprint density at radius 2 is 1.68 bits per heavy atom. The highest BCUT2D eigenvalue weighted by Crippen LogP contribution is 2.62. The minimum atomic E-state index is -1.69. The Morgan fingerprint density at radius 3 is 2.29 bits per heavy atom. The monoisotopic (exact) mass is 522 g/mol. The van der Waals surface area contributed by atoms with Crippen molar-refractivity contribution in [2.45, 2.75) is 78.6 Å². The molecule has 0 radical (unpaired) electrons. The molecule has 0 spiro atoms. The first kappa shape index (κ1) is 27.8. The highest BCUT2D eigenvalue weighted by Gasteiger charge is 2.65. The topological polar surface area (TPSA) is 96.0 Å². The van der Waals surface area contributed by atoms with Gasteiger partial charge in [0.2, 0.25) is 5.78 Å². The molecule has 3 aliphatic carbocycles. The summed E-state index contributed by atoms with van der Waals surface area (Å²) in [6.45, 7) is 14.8. The first-order chi connectivity index (χ1) is 17.8. The van der Waals surface area contributed by atoms with Gasteiger partial charge < -0.3 is 14.2 Å². The highest BCUT2D eigenvalue weighted by atomic mass is 16.6. The van der Waals surface area contributed by atoms with E-state index < -0.39 is 41.6 Å². The fourth-order valence-electron chi connectivity index (χ4n) is 6.80. The SMILES string of the molecule is C=C1CC[C@H]2[C@@H](/C=C(\C)C(=O)[C@@]3(OC(C)=O)C[C@H](C)[C@H](OC(=O)c4ccccc4)C3C1OC(C)=O)C2(C)C. The van der Waals surface area contributed by atoms with E-state index in [2.05, 4.69) is 20.4 Å². The molecule has 0 aromatic heterocycles. The second-order valence-corrected chi connectivity index (χ2v) is 11.8. The van der Waals surface area contributed by atoms with E-state index in [1.54, 1.807) is 37.3 Å². The van der Waals surface area contributed by atoms with Gasteiger partial charge in [0.25, 0.3) is 0 Å². The molecule has 2 fully saturated rings. The summed E-state index contributed by atoms with van der Waals surface area (Å²) in [6.07, 6.45) is 1.63. The van der Waals surface area contributed by atoms with Crippen molar-refractivity contribution in [2.75, 3.05) is 0 Å². The van der Waals surface area contributed by atoms with Crippen molar-refractivity contribution >= 4 is 23.7 Å². The molecule has 0 amide bonds. The fourth-order valence-corrected chi connectivity index (χ4v) is 6.80. The van der Waals surface area contributed by atoms with Gasteiger partial charge in [-0.25, -0.2) is 4.79 Å². The van der Waals surface area contributed by atoms with Gasteiger partial charge in [-0.2, -0.15) is 0 Å². The van der Waals surface area contributed by atoms with Crippen LogP contribution in [0.15, 0.2) is 54.1 Å². The number of ether oxygens (including phenoxy) is 3. The molecule has 1 aromatic carbocycles. The minimum Gasteiger partial charge on any atom is -0.458 e. The summed E-state index contributed by atoms with van der Waals surface area (Å²) in [5.41, 5.74) is -0.203. The Hall–Kier alpha value is -3.22. The molecule has 1 aromatic rings. The molecule has 0 N–H and O–H groups in total. The van der Waals surface area contributed by atoms with Gasteiger partial charge >= 0.3 is 17.9 Å². The van der Waals surface area contributed by atoms with E-state index in [-0.39, 0.29) is 29.5 Å². The predicted molar refractivity (Wildman–Crippen MR) is 141 cm³/mol. The van der Waals surface area contributed by atoms with E-state index in [9.17, 15) is 19.2 Å². The number of fused-ring (bicyclic) bond motifs is 2. The van der Waals surface area contributed by atoms with Gasteiger partial charge in [-0.1, -0.05) is 51.6 Å². The fraction of sp³-hybridized carbons (Fsp3) is 0.548. The van der Waals surface area contributed by atoms with E-state index in [0.29, 0.717) is 29.0 Å². The van der Waals surface area contributed by atoms with Crippen molar-refractivity contribution in [3.8, 4) is 0 Å². The highest BCUT2D eigenvalue weighted by molar-refractivity contribution is 6.03. The zero-order chi connectivity index (χ0) is 28.0. The summed E-state index contributed by atoms with van der Waals surface area (Å²) >= 11 is 0. The van der Waals surface area contributed by atoms with Crippen LogP contribution in [-0.2, 0) is 28.6 Å². The van der Waals surface area contributed by atoms with Crippen LogP contribution >= 0.6 is 0 Å². The Morgan fingerprint density at radius 1 is 1.03 bits per heavy atom. The second kappa shape index (κ2) is 10.2. The third kappa shape index (κ3) is 4.95. The maximum Gasteiger partial charge on any atom is 0.338 e. The minimum absolute atomic E-state index is 0.0165. The Bertz CT molecular complexity index is 1180. The Kier molecular flexibility index (Phi) is 7.43. The molecule has 7 nitrogen and oxygen atoms in total. The van der Waals surface area contributed by atoms with Crippen LogP contribution in [0, 0.1) is 29.1 Å².